The second-order valence-electron chi connectivity index (χ2n) is 3.48. The molecule has 1 radical (unpaired) electrons. The molecule has 2 rings (SSSR count). The lowest BCUT2D eigenvalue weighted by Crippen LogP contribution is -1.93. The molecule has 0 heterocycles. The van der Waals surface area contributed by atoms with Gasteiger partial charge in [-0.25, -0.2) is 4.39 Å². The van der Waals surface area contributed by atoms with Gasteiger partial charge in [-0.3, -0.25) is 0 Å². The summed E-state index contributed by atoms with van der Waals surface area (Å²) in [6, 6.07) is 13.6. The van der Waals surface area contributed by atoms with E-state index in [1.165, 1.54) is 6.07 Å². The lowest BCUT2D eigenvalue weighted by Gasteiger charge is -2.07. The minimum Gasteiger partial charge on any atom is -0.396 e. The van der Waals surface area contributed by atoms with E-state index in [-0.39, 0.29) is 11.5 Å². The molecule has 0 fully saturated rings. The predicted molar refractivity (Wildman–Crippen MR) is 71.4 cm³/mol. The summed E-state index contributed by atoms with van der Waals surface area (Å²) in [6.45, 7) is 1.87. The van der Waals surface area contributed by atoms with Crippen LogP contribution in [0.15, 0.2) is 36.4 Å². The summed E-state index contributed by atoms with van der Waals surface area (Å²) in [6.07, 6.45) is 0. The third-order valence-electron chi connectivity index (χ3n) is 2.37. The fourth-order valence-corrected chi connectivity index (χ4v) is 1.57. The van der Waals surface area contributed by atoms with E-state index in [1.807, 2.05) is 31.2 Å². The van der Waals surface area contributed by atoms with Crippen molar-refractivity contribution in [1.82, 2.24) is 0 Å². The van der Waals surface area contributed by atoms with Crippen molar-refractivity contribution < 1.29 is 8.94 Å². The Morgan fingerprint density at radius 3 is 2.41 bits per heavy atom. The summed E-state index contributed by atoms with van der Waals surface area (Å²) in [4.78, 5) is 0. The molecule has 0 atom stereocenters. The highest BCUT2D eigenvalue weighted by Gasteiger charge is 2.05. The van der Waals surface area contributed by atoms with Crippen molar-refractivity contribution in [3.63, 3.8) is 0 Å². The lowest BCUT2D eigenvalue weighted by molar-refractivity contribution is 0.631. The molecule has 4 heteroatoms. The van der Waals surface area contributed by atoms with Crippen molar-refractivity contribution in [2.24, 2.45) is 0 Å². The van der Waals surface area contributed by atoms with Gasteiger partial charge in [0.15, 0.2) is 0 Å². The maximum absolute atomic E-state index is 13.1. The van der Waals surface area contributed by atoms with Crippen LogP contribution in [0.4, 0.5) is 10.1 Å². The van der Waals surface area contributed by atoms with E-state index in [1.54, 1.807) is 6.07 Å². The molecule has 0 unspecified atom stereocenters. The van der Waals surface area contributed by atoms with Gasteiger partial charge >= 0.3 is 0 Å². The molecule has 0 bridgehead atoms. The number of halogens is 1. The van der Waals surface area contributed by atoms with Gasteiger partial charge in [-0.05, 0) is 54.7 Å². The summed E-state index contributed by atoms with van der Waals surface area (Å²) in [5.74, 6) is -0.362. The van der Waals surface area contributed by atoms with E-state index in [2.05, 4.69) is 19.0 Å². The first-order valence-corrected chi connectivity index (χ1v) is 5.30. The third-order valence-corrected chi connectivity index (χ3v) is 2.37. The van der Waals surface area contributed by atoms with Gasteiger partial charge < -0.3 is 10.3 Å². The Labute approximate surface area is 106 Å². The number of nitrogens with two attached hydrogens (primary N) is 1. The zero-order chi connectivity index (χ0) is 12.8. The highest BCUT2D eigenvalue weighted by molar-refractivity contribution is 7.74. The Morgan fingerprint density at radius 2 is 1.82 bits per heavy atom. The normalized spacial score (nSPS) is 9.41. The summed E-state index contributed by atoms with van der Waals surface area (Å²) in [7, 11) is 0. The first-order valence-electron chi connectivity index (χ1n) is 4.90. The molecule has 0 amide bonds. The molecular weight excluding hydrogens is 237 g/mol. The van der Waals surface area contributed by atoms with Gasteiger partial charge in [0.05, 0.1) is 5.69 Å². The molecule has 17 heavy (non-hydrogen) atoms. The number of rotatable bonds is 1. The van der Waals surface area contributed by atoms with E-state index in [0.29, 0.717) is 0 Å². The van der Waals surface area contributed by atoms with Gasteiger partial charge in [-0.2, -0.15) is 0 Å². The van der Waals surface area contributed by atoms with Crippen LogP contribution in [0.2, 0.25) is 0 Å². The quantitative estimate of drug-likeness (QED) is 0.411. The van der Waals surface area contributed by atoms with Crippen LogP contribution < -0.4 is 5.73 Å². The maximum atomic E-state index is 13.1. The minimum atomic E-state index is -0.362. The van der Waals surface area contributed by atoms with Crippen LogP contribution in [0, 0.1) is 18.8 Å². The number of hydrogen-bond donors (Lipinski definition) is 3. The van der Waals surface area contributed by atoms with E-state index < -0.39 is 0 Å². The Kier molecular flexibility index (Phi) is 5.00. The molecule has 0 saturated carbocycles. The average molecular weight is 250 g/mol. The Balaban J connectivity index is 0.000000686. The van der Waals surface area contributed by atoms with Gasteiger partial charge in [0, 0.05) is 0 Å². The monoisotopic (exact) mass is 250 g/mol. The van der Waals surface area contributed by atoms with Gasteiger partial charge in [-0.1, -0.05) is 24.3 Å². The standard InChI is InChI=1S/C13H11FN.H2OS/c1-9-7-12(14)13(15)8-11(9)10-5-3-2-4-6-10;1-2/h3-8H,15H2,1H3;1-2H. The van der Waals surface area contributed by atoms with Crippen LogP contribution in [-0.2, 0) is 0 Å². The Morgan fingerprint density at radius 1 is 1.24 bits per heavy atom. The van der Waals surface area contributed by atoms with Crippen LogP contribution in [-0.4, -0.2) is 4.55 Å². The SMILES string of the molecule is Cc1cc(F)c(N)cc1-c1cc[c]cc1.OS. The van der Waals surface area contributed by atoms with Crippen LogP contribution >= 0.6 is 12.9 Å². The van der Waals surface area contributed by atoms with Crippen molar-refractivity contribution in [2.45, 2.75) is 6.92 Å². The molecule has 2 aromatic rings. The number of thiol groups is 1. The molecule has 0 saturated heterocycles. The van der Waals surface area contributed by atoms with Crippen LogP contribution in [0.3, 0.4) is 0 Å². The van der Waals surface area contributed by atoms with Crippen molar-refractivity contribution in [2.75, 3.05) is 5.73 Å². The second-order valence-corrected chi connectivity index (χ2v) is 3.48. The molecule has 0 aliphatic heterocycles. The van der Waals surface area contributed by atoms with Crippen molar-refractivity contribution in [3.05, 3.63) is 53.8 Å². The fourth-order valence-electron chi connectivity index (χ4n) is 1.57. The van der Waals surface area contributed by atoms with E-state index in [0.717, 1.165) is 16.7 Å². The van der Waals surface area contributed by atoms with Crippen LogP contribution in [0.1, 0.15) is 5.56 Å². The van der Waals surface area contributed by atoms with E-state index in [9.17, 15) is 4.39 Å². The van der Waals surface area contributed by atoms with E-state index >= 15 is 0 Å². The van der Waals surface area contributed by atoms with Crippen molar-refractivity contribution >= 4 is 18.6 Å². The Bertz CT molecular complexity index is 488. The molecule has 2 aromatic carbocycles. The zero-order valence-electron chi connectivity index (χ0n) is 9.31. The molecule has 0 aromatic heterocycles. The van der Waals surface area contributed by atoms with E-state index in [4.69, 9.17) is 10.3 Å². The van der Waals surface area contributed by atoms with Crippen LogP contribution in [0.25, 0.3) is 11.1 Å². The Hall–Kier alpha value is -1.52. The number of aryl methyl sites for hydroxylation is 1. The highest BCUT2D eigenvalue weighted by Crippen LogP contribution is 2.26. The lowest BCUT2D eigenvalue weighted by atomic mass is 10.00. The summed E-state index contributed by atoms with van der Waals surface area (Å²) in [5, 5.41) is 0. The maximum Gasteiger partial charge on any atom is 0.146 e. The first kappa shape index (κ1) is 13.5. The molecule has 0 aliphatic rings. The predicted octanol–water partition coefficient (Wildman–Crippen LogP) is 3.57. The number of anilines is 1. The number of nitrogen functional groups attached to an aromatic ring is 1. The van der Waals surface area contributed by atoms with Crippen LogP contribution in [0.5, 0.6) is 0 Å². The number of hydrogen-bond acceptors (Lipinski definition) is 3. The van der Waals surface area contributed by atoms with Gasteiger partial charge in [0.1, 0.15) is 5.82 Å². The van der Waals surface area contributed by atoms with Gasteiger partial charge in [-0.15, -0.1) is 0 Å². The summed E-state index contributed by atoms with van der Waals surface area (Å²) >= 11 is 2.53. The van der Waals surface area contributed by atoms with Crippen molar-refractivity contribution in [1.29, 1.82) is 0 Å². The smallest absolute Gasteiger partial charge is 0.146 e. The van der Waals surface area contributed by atoms with Gasteiger partial charge in [0.2, 0.25) is 0 Å². The van der Waals surface area contributed by atoms with Gasteiger partial charge in [0.25, 0.3) is 0 Å². The zero-order valence-corrected chi connectivity index (χ0v) is 10.2. The largest absolute Gasteiger partial charge is 0.396 e. The highest BCUT2D eigenvalue weighted by atomic mass is 32.1. The minimum absolute atomic E-state index is 0.184. The molecule has 0 aliphatic carbocycles. The molecule has 2 nitrogen and oxygen atoms in total. The molecular formula is C13H13FNOS. The number of benzene rings is 2. The van der Waals surface area contributed by atoms with Crippen molar-refractivity contribution in [3.8, 4) is 11.1 Å². The second kappa shape index (κ2) is 6.27. The molecule has 3 N–H and O–H groups in total. The topological polar surface area (TPSA) is 46.2 Å². The summed E-state index contributed by atoms with van der Waals surface area (Å²) < 4.78 is 19.8. The first-order chi connectivity index (χ1) is 8.18. The molecule has 89 valence electrons. The average Bonchev–Trinajstić information content (AvgIpc) is 2.37. The third kappa shape index (κ3) is 3.22. The fraction of sp³-hybridized carbons (Fsp3) is 0.0769. The summed E-state index contributed by atoms with van der Waals surface area (Å²) in [5.41, 5.74) is 8.60. The molecule has 0 spiro atoms.